The van der Waals surface area contributed by atoms with Crippen LogP contribution in [-0.4, -0.2) is 44.4 Å². The fourth-order valence-corrected chi connectivity index (χ4v) is 3.94. The molecule has 0 saturated heterocycles. The van der Waals surface area contributed by atoms with E-state index in [1.54, 1.807) is 0 Å². The lowest BCUT2D eigenvalue weighted by Gasteiger charge is -2.37. The van der Waals surface area contributed by atoms with Crippen molar-refractivity contribution in [2.45, 2.75) is 65.0 Å². The molecule has 140 valence electrons. The van der Waals surface area contributed by atoms with Gasteiger partial charge in [-0.1, -0.05) is 25.8 Å². The minimum atomic E-state index is -0.418. The number of aliphatic hydroxyl groups excluding tert-OH is 1. The molecule has 0 aliphatic heterocycles. The molecule has 2 atom stereocenters. The maximum Gasteiger partial charge on any atom is 0.254 e. The first kappa shape index (κ1) is 18.6. The SMILES string of the molecule is CCCN(C(=O)c1cccc(-n2nc(C)cc2C)c1)[C@@H]1CCCC[C@H]1O. The number of carbonyl (C=O) groups is 1. The Hall–Kier alpha value is -2.14. The van der Waals surface area contributed by atoms with E-state index in [1.165, 1.54) is 0 Å². The summed E-state index contributed by atoms with van der Waals surface area (Å²) in [5.74, 6) is 0.00109. The number of benzene rings is 1. The van der Waals surface area contributed by atoms with Crippen molar-refractivity contribution in [1.29, 1.82) is 0 Å². The predicted molar refractivity (Wildman–Crippen MR) is 103 cm³/mol. The van der Waals surface area contributed by atoms with Crippen LogP contribution < -0.4 is 0 Å². The number of amides is 1. The van der Waals surface area contributed by atoms with Crippen LogP contribution in [0.4, 0.5) is 0 Å². The average molecular weight is 355 g/mol. The van der Waals surface area contributed by atoms with E-state index >= 15 is 0 Å². The zero-order valence-electron chi connectivity index (χ0n) is 16.0. The molecule has 0 bridgehead atoms. The molecule has 1 heterocycles. The van der Waals surface area contributed by atoms with Crippen molar-refractivity contribution in [3.8, 4) is 5.69 Å². The molecule has 0 spiro atoms. The Bertz CT molecular complexity index is 768. The zero-order chi connectivity index (χ0) is 18.7. The number of aliphatic hydroxyl groups is 1. The molecule has 0 radical (unpaired) electrons. The monoisotopic (exact) mass is 355 g/mol. The molecule has 1 aliphatic carbocycles. The van der Waals surface area contributed by atoms with Crippen molar-refractivity contribution in [3.05, 3.63) is 47.3 Å². The topological polar surface area (TPSA) is 58.4 Å². The molecule has 1 N–H and O–H groups in total. The van der Waals surface area contributed by atoms with Crippen molar-refractivity contribution >= 4 is 5.91 Å². The molecule has 1 aliphatic rings. The van der Waals surface area contributed by atoms with Crippen molar-refractivity contribution in [3.63, 3.8) is 0 Å². The summed E-state index contributed by atoms with van der Waals surface area (Å²) in [7, 11) is 0. The van der Waals surface area contributed by atoms with Crippen molar-refractivity contribution in [2.24, 2.45) is 0 Å². The van der Waals surface area contributed by atoms with Crippen LogP contribution >= 0.6 is 0 Å². The molecule has 1 fully saturated rings. The smallest absolute Gasteiger partial charge is 0.254 e. The summed E-state index contributed by atoms with van der Waals surface area (Å²) in [5.41, 5.74) is 3.54. The van der Waals surface area contributed by atoms with E-state index in [0.717, 1.165) is 49.2 Å². The van der Waals surface area contributed by atoms with Gasteiger partial charge in [0.2, 0.25) is 0 Å². The van der Waals surface area contributed by atoms with E-state index in [4.69, 9.17) is 0 Å². The Kier molecular flexibility index (Phi) is 5.77. The lowest BCUT2D eigenvalue weighted by molar-refractivity contribution is 0.0178. The first-order valence-corrected chi connectivity index (χ1v) is 9.64. The van der Waals surface area contributed by atoms with E-state index in [2.05, 4.69) is 12.0 Å². The fraction of sp³-hybridized carbons (Fsp3) is 0.524. The second kappa shape index (κ2) is 8.04. The molecular weight excluding hydrogens is 326 g/mol. The molecule has 1 saturated carbocycles. The highest BCUT2D eigenvalue weighted by molar-refractivity contribution is 5.95. The third-order valence-electron chi connectivity index (χ3n) is 5.17. The maximum atomic E-state index is 13.2. The van der Waals surface area contributed by atoms with Gasteiger partial charge in [0.15, 0.2) is 0 Å². The molecule has 2 aromatic rings. The van der Waals surface area contributed by atoms with Gasteiger partial charge in [0.25, 0.3) is 5.91 Å². The Balaban J connectivity index is 1.89. The van der Waals surface area contributed by atoms with Gasteiger partial charge < -0.3 is 10.0 Å². The van der Waals surface area contributed by atoms with Gasteiger partial charge in [0.05, 0.1) is 23.5 Å². The largest absolute Gasteiger partial charge is 0.391 e. The standard InChI is InChI=1S/C21H29N3O2/c1-4-12-23(19-10-5-6-11-20(19)25)21(26)17-8-7-9-18(14-17)24-16(3)13-15(2)22-24/h7-9,13-14,19-20,25H,4-6,10-12H2,1-3H3/t19-,20-/m1/s1. The molecule has 3 rings (SSSR count). The Labute approximate surface area is 155 Å². The molecule has 26 heavy (non-hydrogen) atoms. The zero-order valence-corrected chi connectivity index (χ0v) is 16.0. The summed E-state index contributed by atoms with van der Waals surface area (Å²) in [5, 5.41) is 14.9. The number of rotatable bonds is 5. The first-order chi connectivity index (χ1) is 12.5. The van der Waals surface area contributed by atoms with Crippen LogP contribution in [0.5, 0.6) is 0 Å². The van der Waals surface area contributed by atoms with Crippen LogP contribution in [0, 0.1) is 13.8 Å². The summed E-state index contributed by atoms with van der Waals surface area (Å²) in [6.45, 7) is 6.72. The average Bonchev–Trinajstić information content (AvgIpc) is 2.98. The van der Waals surface area contributed by atoms with Crippen molar-refractivity contribution in [1.82, 2.24) is 14.7 Å². The number of carbonyl (C=O) groups excluding carboxylic acids is 1. The van der Waals surface area contributed by atoms with Gasteiger partial charge in [-0.2, -0.15) is 5.10 Å². The minimum absolute atomic E-state index is 0.00109. The van der Waals surface area contributed by atoms with E-state index in [0.29, 0.717) is 12.1 Å². The fourth-order valence-electron chi connectivity index (χ4n) is 3.94. The van der Waals surface area contributed by atoms with Crippen LogP contribution in [0.2, 0.25) is 0 Å². The van der Waals surface area contributed by atoms with Gasteiger partial charge in [-0.3, -0.25) is 4.79 Å². The van der Waals surface area contributed by atoms with Crippen LogP contribution in [0.15, 0.2) is 30.3 Å². The molecular formula is C21H29N3O2. The molecule has 1 aromatic heterocycles. The van der Waals surface area contributed by atoms with Crippen molar-refractivity contribution in [2.75, 3.05) is 6.54 Å². The summed E-state index contributed by atoms with van der Waals surface area (Å²) in [6, 6.07) is 9.58. The summed E-state index contributed by atoms with van der Waals surface area (Å²) in [4.78, 5) is 15.1. The lowest BCUT2D eigenvalue weighted by Crippen LogP contribution is -2.48. The van der Waals surface area contributed by atoms with Crippen LogP contribution in [0.1, 0.15) is 60.8 Å². The Morgan fingerprint density at radius 2 is 2.04 bits per heavy atom. The molecule has 5 heteroatoms. The van der Waals surface area contributed by atoms with E-state index < -0.39 is 6.10 Å². The predicted octanol–water partition coefficient (Wildman–Crippen LogP) is 3.64. The molecule has 1 aromatic carbocycles. The lowest BCUT2D eigenvalue weighted by atomic mass is 9.90. The highest BCUT2D eigenvalue weighted by atomic mass is 16.3. The number of nitrogens with zero attached hydrogens (tertiary/aromatic N) is 3. The van der Waals surface area contributed by atoms with Crippen LogP contribution in [0.25, 0.3) is 5.69 Å². The van der Waals surface area contributed by atoms with Gasteiger partial charge >= 0.3 is 0 Å². The summed E-state index contributed by atoms with van der Waals surface area (Å²) >= 11 is 0. The van der Waals surface area contributed by atoms with Crippen LogP contribution in [-0.2, 0) is 0 Å². The quantitative estimate of drug-likeness (QED) is 0.891. The van der Waals surface area contributed by atoms with Gasteiger partial charge in [-0.25, -0.2) is 4.68 Å². The second-order valence-electron chi connectivity index (χ2n) is 7.31. The Morgan fingerprint density at radius 1 is 1.27 bits per heavy atom. The Morgan fingerprint density at radius 3 is 2.69 bits per heavy atom. The highest BCUT2D eigenvalue weighted by Crippen LogP contribution is 2.25. The number of hydrogen-bond acceptors (Lipinski definition) is 3. The van der Waals surface area contributed by atoms with Gasteiger partial charge in [-0.15, -0.1) is 0 Å². The van der Waals surface area contributed by atoms with Gasteiger partial charge in [0, 0.05) is 17.8 Å². The second-order valence-corrected chi connectivity index (χ2v) is 7.31. The molecule has 1 amide bonds. The van der Waals surface area contributed by atoms with Crippen LogP contribution in [0.3, 0.4) is 0 Å². The first-order valence-electron chi connectivity index (χ1n) is 9.64. The summed E-state index contributed by atoms with van der Waals surface area (Å²) < 4.78 is 1.87. The van der Waals surface area contributed by atoms with E-state index in [-0.39, 0.29) is 11.9 Å². The molecule has 0 unspecified atom stereocenters. The van der Waals surface area contributed by atoms with Gasteiger partial charge in [0.1, 0.15) is 0 Å². The number of hydrogen-bond donors (Lipinski definition) is 1. The number of aryl methyl sites for hydroxylation is 2. The third kappa shape index (κ3) is 3.83. The molecule has 5 nitrogen and oxygen atoms in total. The van der Waals surface area contributed by atoms with Gasteiger partial charge in [-0.05, 0) is 57.4 Å². The maximum absolute atomic E-state index is 13.2. The number of aromatic nitrogens is 2. The third-order valence-corrected chi connectivity index (χ3v) is 5.17. The summed E-state index contributed by atoms with van der Waals surface area (Å²) in [6.07, 6.45) is 4.24. The highest BCUT2D eigenvalue weighted by Gasteiger charge is 2.31. The van der Waals surface area contributed by atoms with E-state index in [1.807, 2.05) is 53.8 Å². The minimum Gasteiger partial charge on any atom is -0.391 e. The normalized spacial score (nSPS) is 20.2. The van der Waals surface area contributed by atoms with Crippen molar-refractivity contribution < 1.29 is 9.90 Å². The van der Waals surface area contributed by atoms with E-state index in [9.17, 15) is 9.90 Å².